The van der Waals surface area contributed by atoms with Gasteiger partial charge in [0.2, 0.25) is 10.0 Å². The number of carbonyl (C=O) groups excluding carboxylic acids is 1. The normalized spacial score (nSPS) is 14.9. The zero-order valence-electron chi connectivity index (χ0n) is 15.8. The molecule has 0 atom stereocenters. The summed E-state index contributed by atoms with van der Waals surface area (Å²) in [6.07, 6.45) is 2.53. The van der Waals surface area contributed by atoms with E-state index in [1.807, 2.05) is 0 Å². The average molecular weight is 419 g/mol. The highest BCUT2D eigenvalue weighted by molar-refractivity contribution is 7.89. The van der Waals surface area contributed by atoms with E-state index in [9.17, 15) is 23.3 Å². The van der Waals surface area contributed by atoms with E-state index in [1.165, 1.54) is 41.7 Å². The van der Waals surface area contributed by atoms with E-state index in [-0.39, 0.29) is 27.6 Å². The zero-order chi connectivity index (χ0) is 21.0. The van der Waals surface area contributed by atoms with Crippen molar-refractivity contribution >= 4 is 27.3 Å². The minimum atomic E-state index is -3.83. The molecule has 0 spiro atoms. The predicted octanol–water partition coefficient (Wildman–Crippen LogP) is 3.03. The van der Waals surface area contributed by atoms with Crippen molar-refractivity contribution in [1.29, 1.82) is 0 Å². The molecule has 154 valence electrons. The average Bonchev–Trinajstić information content (AvgIpc) is 2.74. The summed E-state index contributed by atoms with van der Waals surface area (Å²) in [7, 11) is -2.47. The number of hydrogen-bond donors (Lipinski definition) is 1. The molecule has 1 N–H and O–H groups in total. The van der Waals surface area contributed by atoms with E-state index in [2.05, 4.69) is 5.32 Å². The Morgan fingerprint density at radius 3 is 2.48 bits per heavy atom. The number of non-ortho nitro benzene ring substituents is 1. The van der Waals surface area contributed by atoms with Gasteiger partial charge in [0.15, 0.2) is 0 Å². The first-order chi connectivity index (χ1) is 13.8. The second-order valence-corrected chi connectivity index (χ2v) is 8.46. The van der Waals surface area contributed by atoms with Crippen LogP contribution in [0.2, 0.25) is 0 Å². The summed E-state index contributed by atoms with van der Waals surface area (Å²) in [6.45, 7) is 0.827. The highest BCUT2D eigenvalue weighted by Crippen LogP contribution is 2.30. The summed E-state index contributed by atoms with van der Waals surface area (Å²) in [5.74, 6) is -0.472. The SMILES string of the molecule is COc1ccc([N+](=O)[O-])cc1NC(=O)c1ccccc1S(=O)(=O)N1CCCCC1. The van der Waals surface area contributed by atoms with Gasteiger partial charge in [0, 0.05) is 25.2 Å². The number of benzene rings is 2. The number of amides is 1. The van der Waals surface area contributed by atoms with Crippen molar-refractivity contribution in [3.8, 4) is 5.75 Å². The fourth-order valence-electron chi connectivity index (χ4n) is 3.22. The van der Waals surface area contributed by atoms with Crippen LogP contribution in [0, 0.1) is 10.1 Å². The van der Waals surface area contributed by atoms with Crippen LogP contribution in [0.25, 0.3) is 0 Å². The molecular weight excluding hydrogens is 398 g/mol. The van der Waals surface area contributed by atoms with Gasteiger partial charge in [0.1, 0.15) is 5.75 Å². The van der Waals surface area contributed by atoms with Crippen LogP contribution in [0.5, 0.6) is 5.75 Å². The van der Waals surface area contributed by atoms with Crippen molar-refractivity contribution in [1.82, 2.24) is 4.31 Å². The first-order valence-electron chi connectivity index (χ1n) is 9.07. The lowest BCUT2D eigenvalue weighted by molar-refractivity contribution is -0.384. The highest BCUT2D eigenvalue weighted by Gasteiger charge is 2.30. The molecule has 1 saturated heterocycles. The van der Waals surface area contributed by atoms with Crippen molar-refractivity contribution in [3.05, 3.63) is 58.1 Å². The number of nitro benzene ring substituents is 1. The Balaban J connectivity index is 1.95. The van der Waals surface area contributed by atoms with Gasteiger partial charge < -0.3 is 10.1 Å². The van der Waals surface area contributed by atoms with Crippen molar-refractivity contribution < 1.29 is 22.9 Å². The Labute approximate surface area is 168 Å². The molecule has 2 aromatic rings. The summed E-state index contributed by atoms with van der Waals surface area (Å²) in [4.78, 5) is 23.2. The van der Waals surface area contributed by atoms with Gasteiger partial charge in [-0.1, -0.05) is 18.6 Å². The van der Waals surface area contributed by atoms with Crippen LogP contribution in [0.3, 0.4) is 0 Å². The Hall–Kier alpha value is -2.98. The molecule has 2 aromatic carbocycles. The van der Waals surface area contributed by atoms with Crippen LogP contribution in [0.15, 0.2) is 47.4 Å². The molecule has 3 rings (SSSR count). The molecule has 0 aliphatic carbocycles. The minimum Gasteiger partial charge on any atom is -0.495 e. The summed E-state index contributed by atoms with van der Waals surface area (Å²) >= 11 is 0. The third-order valence-corrected chi connectivity index (χ3v) is 6.66. The maximum Gasteiger partial charge on any atom is 0.271 e. The number of hydrogen-bond acceptors (Lipinski definition) is 6. The molecule has 1 heterocycles. The monoisotopic (exact) mass is 419 g/mol. The Morgan fingerprint density at radius 2 is 1.83 bits per heavy atom. The topological polar surface area (TPSA) is 119 Å². The van der Waals surface area contributed by atoms with Gasteiger partial charge in [-0.2, -0.15) is 4.31 Å². The number of anilines is 1. The van der Waals surface area contributed by atoms with Gasteiger partial charge in [-0.3, -0.25) is 14.9 Å². The number of rotatable bonds is 6. The lowest BCUT2D eigenvalue weighted by Crippen LogP contribution is -2.36. The van der Waals surface area contributed by atoms with Crippen molar-refractivity contribution in [2.24, 2.45) is 0 Å². The molecule has 10 heteroatoms. The van der Waals surface area contributed by atoms with Crippen LogP contribution in [0.1, 0.15) is 29.6 Å². The van der Waals surface area contributed by atoms with Crippen LogP contribution >= 0.6 is 0 Å². The van der Waals surface area contributed by atoms with Gasteiger partial charge in [-0.15, -0.1) is 0 Å². The maximum absolute atomic E-state index is 13.1. The van der Waals surface area contributed by atoms with Gasteiger partial charge in [0.25, 0.3) is 11.6 Å². The minimum absolute atomic E-state index is 0.0355. The molecule has 1 aliphatic rings. The lowest BCUT2D eigenvalue weighted by atomic mass is 10.2. The molecule has 1 aliphatic heterocycles. The molecule has 0 radical (unpaired) electrons. The summed E-state index contributed by atoms with van der Waals surface area (Å²) in [5, 5.41) is 13.6. The number of piperidine rings is 1. The molecule has 1 amide bonds. The maximum atomic E-state index is 13.1. The quantitative estimate of drug-likeness (QED) is 0.568. The summed E-state index contributed by atoms with van der Waals surface area (Å²) < 4.78 is 32.7. The van der Waals surface area contributed by atoms with E-state index in [0.29, 0.717) is 13.1 Å². The Kier molecular flexibility index (Phi) is 6.14. The number of nitrogens with one attached hydrogen (secondary N) is 1. The highest BCUT2D eigenvalue weighted by atomic mass is 32.2. The number of nitro groups is 1. The molecule has 0 unspecified atom stereocenters. The zero-order valence-corrected chi connectivity index (χ0v) is 16.6. The largest absolute Gasteiger partial charge is 0.495 e. The number of sulfonamides is 1. The lowest BCUT2D eigenvalue weighted by Gasteiger charge is -2.26. The second kappa shape index (κ2) is 8.58. The standard InChI is InChI=1S/C19H21N3O6S/c1-28-17-10-9-14(22(24)25)13-16(17)20-19(23)15-7-3-4-8-18(15)29(26,27)21-11-5-2-6-12-21/h3-4,7-10,13H,2,5-6,11-12H2,1H3,(H,20,23). The van der Waals surface area contributed by atoms with Crippen LogP contribution < -0.4 is 10.1 Å². The van der Waals surface area contributed by atoms with E-state index in [0.717, 1.165) is 19.3 Å². The summed E-state index contributed by atoms with van der Waals surface area (Å²) in [5.41, 5.74) is -0.182. The van der Waals surface area contributed by atoms with E-state index in [4.69, 9.17) is 4.74 Å². The molecule has 0 bridgehead atoms. The molecule has 0 aromatic heterocycles. The molecule has 9 nitrogen and oxygen atoms in total. The molecule has 1 fully saturated rings. The smallest absolute Gasteiger partial charge is 0.271 e. The fraction of sp³-hybridized carbons (Fsp3) is 0.316. The Bertz CT molecular complexity index is 1030. The van der Waals surface area contributed by atoms with Crippen LogP contribution in [-0.4, -0.2) is 43.8 Å². The number of ether oxygens (including phenoxy) is 1. The van der Waals surface area contributed by atoms with Gasteiger partial charge in [-0.05, 0) is 31.0 Å². The number of carbonyl (C=O) groups is 1. The van der Waals surface area contributed by atoms with Gasteiger partial charge >= 0.3 is 0 Å². The number of methoxy groups -OCH3 is 1. The molecule has 29 heavy (non-hydrogen) atoms. The van der Waals surface area contributed by atoms with E-state index in [1.54, 1.807) is 12.1 Å². The fourth-order valence-corrected chi connectivity index (χ4v) is 4.93. The Morgan fingerprint density at radius 1 is 1.14 bits per heavy atom. The first kappa shape index (κ1) is 20.7. The van der Waals surface area contributed by atoms with E-state index >= 15 is 0 Å². The van der Waals surface area contributed by atoms with Crippen molar-refractivity contribution in [2.45, 2.75) is 24.2 Å². The molecular formula is C19H21N3O6S. The second-order valence-electron chi connectivity index (χ2n) is 6.56. The van der Waals surface area contributed by atoms with Crippen LogP contribution in [0.4, 0.5) is 11.4 Å². The van der Waals surface area contributed by atoms with Gasteiger partial charge in [-0.25, -0.2) is 8.42 Å². The first-order valence-corrected chi connectivity index (χ1v) is 10.5. The number of nitrogens with zero attached hydrogens (tertiary/aromatic N) is 2. The third kappa shape index (κ3) is 4.38. The molecule has 0 saturated carbocycles. The third-order valence-electron chi connectivity index (χ3n) is 4.71. The van der Waals surface area contributed by atoms with E-state index < -0.39 is 20.9 Å². The predicted molar refractivity (Wildman–Crippen MR) is 107 cm³/mol. The van der Waals surface area contributed by atoms with Gasteiger partial charge in [0.05, 0.1) is 28.2 Å². The van der Waals surface area contributed by atoms with Crippen molar-refractivity contribution in [2.75, 3.05) is 25.5 Å². The summed E-state index contributed by atoms with van der Waals surface area (Å²) in [6, 6.07) is 9.71. The van der Waals surface area contributed by atoms with Crippen molar-refractivity contribution in [3.63, 3.8) is 0 Å². The van der Waals surface area contributed by atoms with Crippen LogP contribution in [-0.2, 0) is 10.0 Å².